The number of furan rings is 1. The van der Waals surface area contributed by atoms with E-state index in [4.69, 9.17) is 18.6 Å². The Morgan fingerprint density at radius 2 is 1.79 bits per heavy atom. The lowest BCUT2D eigenvalue weighted by Crippen LogP contribution is -2.29. The zero-order chi connectivity index (χ0) is 23.6. The minimum absolute atomic E-state index is 0.0371. The van der Waals surface area contributed by atoms with E-state index < -0.39 is 17.7 Å². The molecule has 1 N–H and O–H groups in total. The molecule has 2 atom stereocenters. The van der Waals surface area contributed by atoms with Crippen LogP contribution in [0.5, 0.6) is 17.2 Å². The first kappa shape index (κ1) is 20.4. The van der Waals surface area contributed by atoms with Gasteiger partial charge in [-0.25, -0.2) is 0 Å². The predicted octanol–water partition coefficient (Wildman–Crippen LogP) is 4.27. The van der Waals surface area contributed by atoms with Crippen LogP contribution in [0, 0.1) is 6.92 Å². The molecule has 34 heavy (non-hydrogen) atoms. The van der Waals surface area contributed by atoms with Gasteiger partial charge in [0, 0.05) is 23.7 Å². The van der Waals surface area contributed by atoms with E-state index in [9.17, 15) is 14.7 Å². The van der Waals surface area contributed by atoms with Gasteiger partial charge in [-0.1, -0.05) is 0 Å². The Hall–Kier alpha value is -4.20. The summed E-state index contributed by atoms with van der Waals surface area (Å²) in [6, 6.07) is 12.8. The number of hydrogen-bond donors (Lipinski definition) is 1. The number of aliphatic hydroxyl groups excluding tert-OH is 1. The fourth-order valence-electron chi connectivity index (χ4n) is 4.73. The molecule has 4 heterocycles. The molecule has 1 aromatic heterocycles. The number of ether oxygens (including phenoxy) is 3. The van der Waals surface area contributed by atoms with Crippen molar-refractivity contribution in [1.82, 2.24) is 0 Å². The molecule has 0 radical (unpaired) electrons. The van der Waals surface area contributed by atoms with E-state index in [1.165, 1.54) is 4.90 Å². The molecular formula is C26H21NO7. The average Bonchev–Trinajstić information content (AvgIpc) is 3.58. The summed E-state index contributed by atoms with van der Waals surface area (Å²) < 4.78 is 22.4. The number of hydrogen-bond acceptors (Lipinski definition) is 7. The first-order valence-electron chi connectivity index (χ1n) is 11.0. The largest absolute Gasteiger partial charge is 0.507 e. The maximum absolute atomic E-state index is 13.3. The van der Waals surface area contributed by atoms with Gasteiger partial charge in [0.15, 0.2) is 11.5 Å². The number of aryl methyl sites for hydroxylation is 1. The Labute approximate surface area is 194 Å². The van der Waals surface area contributed by atoms with Crippen molar-refractivity contribution in [3.8, 4) is 17.2 Å². The SMILES string of the molecule is Cc1ccc(C2/C(=C(/O)c3ccc4c(c3)CC(C)O4)C(=O)C(=O)N2c2ccc3c(c2)OCO3)o1. The Morgan fingerprint density at radius 3 is 2.59 bits per heavy atom. The first-order valence-corrected chi connectivity index (χ1v) is 11.0. The van der Waals surface area contributed by atoms with Crippen LogP contribution in [0.1, 0.15) is 35.6 Å². The highest BCUT2D eigenvalue weighted by Gasteiger charge is 2.48. The smallest absolute Gasteiger partial charge is 0.300 e. The number of aliphatic hydroxyl groups is 1. The molecular weight excluding hydrogens is 438 g/mol. The molecule has 8 nitrogen and oxygen atoms in total. The number of Topliss-reactive ketones (excluding diaryl/α,β-unsaturated/α-hetero) is 1. The van der Waals surface area contributed by atoms with Crippen LogP contribution in [-0.4, -0.2) is 29.7 Å². The maximum Gasteiger partial charge on any atom is 0.300 e. The second kappa shape index (κ2) is 7.41. The fraction of sp³-hybridized carbons (Fsp3) is 0.231. The molecule has 1 fully saturated rings. The number of fused-ring (bicyclic) bond motifs is 2. The summed E-state index contributed by atoms with van der Waals surface area (Å²) in [6.45, 7) is 3.83. The summed E-state index contributed by atoms with van der Waals surface area (Å²) in [5.74, 6) is 0.953. The van der Waals surface area contributed by atoms with Crippen molar-refractivity contribution in [2.24, 2.45) is 0 Å². The van der Waals surface area contributed by atoms with Gasteiger partial charge in [0.05, 0.1) is 5.57 Å². The van der Waals surface area contributed by atoms with Crippen molar-refractivity contribution in [1.29, 1.82) is 0 Å². The van der Waals surface area contributed by atoms with Crippen molar-refractivity contribution < 1.29 is 33.3 Å². The summed E-state index contributed by atoms with van der Waals surface area (Å²) in [6.07, 6.45) is 0.734. The molecule has 3 aliphatic rings. The van der Waals surface area contributed by atoms with Crippen molar-refractivity contribution in [3.05, 3.63) is 76.8 Å². The van der Waals surface area contributed by atoms with Crippen molar-refractivity contribution in [3.63, 3.8) is 0 Å². The summed E-state index contributed by atoms with van der Waals surface area (Å²) >= 11 is 0. The van der Waals surface area contributed by atoms with Gasteiger partial charge in [-0.05, 0) is 61.9 Å². The standard InChI is InChI=1S/C26H21NO7/c1-13-3-6-20(33-13)23-22(24(28)15-4-7-18-16(10-15)9-14(2)34-18)25(29)26(30)27(23)17-5-8-19-21(11-17)32-12-31-19/h3-8,10-11,14,23,28H,9,12H2,1-2H3/b24-22-. The average molecular weight is 459 g/mol. The quantitative estimate of drug-likeness (QED) is 0.355. The lowest BCUT2D eigenvalue weighted by atomic mass is 9.97. The van der Waals surface area contributed by atoms with Crippen molar-refractivity contribution in [2.45, 2.75) is 32.4 Å². The minimum Gasteiger partial charge on any atom is -0.507 e. The number of benzene rings is 2. The van der Waals surface area contributed by atoms with E-state index in [1.54, 1.807) is 55.5 Å². The molecule has 3 aliphatic heterocycles. The van der Waals surface area contributed by atoms with E-state index in [2.05, 4.69) is 0 Å². The molecule has 1 amide bonds. The van der Waals surface area contributed by atoms with Crippen LogP contribution >= 0.6 is 0 Å². The highest BCUT2D eigenvalue weighted by atomic mass is 16.7. The van der Waals surface area contributed by atoms with Gasteiger partial charge in [-0.3, -0.25) is 14.5 Å². The summed E-state index contributed by atoms with van der Waals surface area (Å²) in [7, 11) is 0. The Kier molecular flexibility index (Phi) is 4.45. The van der Waals surface area contributed by atoms with E-state index >= 15 is 0 Å². The Bertz CT molecular complexity index is 1390. The number of rotatable bonds is 3. The van der Waals surface area contributed by atoms with Crippen LogP contribution in [-0.2, 0) is 16.0 Å². The molecule has 6 rings (SSSR count). The monoisotopic (exact) mass is 459 g/mol. The maximum atomic E-state index is 13.3. The van der Waals surface area contributed by atoms with Gasteiger partial charge in [-0.2, -0.15) is 0 Å². The molecule has 8 heteroatoms. The van der Waals surface area contributed by atoms with Crippen LogP contribution in [0.25, 0.3) is 5.76 Å². The van der Waals surface area contributed by atoms with Gasteiger partial charge in [0.1, 0.15) is 35.2 Å². The highest BCUT2D eigenvalue weighted by Crippen LogP contribution is 2.45. The lowest BCUT2D eigenvalue weighted by Gasteiger charge is -2.23. The highest BCUT2D eigenvalue weighted by molar-refractivity contribution is 6.51. The predicted molar refractivity (Wildman–Crippen MR) is 121 cm³/mol. The number of nitrogens with zero attached hydrogens (tertiary/aromatic N) is 1. The molecule has 0 bridgehead atoms. The number of carbonyl (C=O) groups is 2. The van der Waals surface area contributed by atoms with E-state index in [0.717, 1.165) is 11.3 Å². The van der Waals surface area contributed by atoms with Gasteiger partial charge in [0.25, 0.3) is 11.7 Å². The number of ketones is 1. The number of amides is 1. The topological polar surface area (TPSA) is 98.4 Å². The van der Waals surface area contributed by atoms with Crippen LogP contribution in [0.3, 0.4) is 0 Å². The normalized spacial score (nSPS) is 22.2. The van der Waals surface area contributed by atoms with Crippen LogP contribution < -0.4 is 19.1 Å². The van der Waals surface area contributed by atoms with Gasteiger partial charge in [-0.15, -0.1) is 0 Å². The number of carbonyl (C=O) groups excluding carboxylic acids is 2. The fourth-order valence-corrected chi connectivity index (χ4v) is 4.73. The zero-order valence-corrected chi connectivity index (χ0v) is 18.5. The molecule has 0 spiro atoms. The zero-order valence-electron chi connectivity index (χ0n) is 18.5. The van der Waals surface area contributed by atoms with Crippen molar-refractivity contribution >= 4 is 23.1 Å². The van der Waals surface area contributed by atoms with Gasteiger partial charge >= 0.3 is 0 Å². The second-order valence-corrected chi connectivity index (χ2v) is 8.61. The third-order valence-electron chi connectivity index (χ3n) is 6.28. The van der Waals surface area contributed by atoms with Gasteiger partial charge < -0.3 is 23.7 Å². The first-order chi connectivity index (χ1) is 16.4. The third-order valence-corrected chi connectivity index (χ3v) is 6.28. The molecule has 0 saturated carbocycles. The van der Waals surface area contributed by atoms with E-state index in [-0.39, 0.29) is 24.2 Å². The van der Waals surface area contributed by atoms with E-state index in [1.807, 2.05) is 6.92 Å². The summed E-state index contributed by atoms with van der Waals surface area (Å²) in [4.78, 5) is 27.9. The second-order valence-electron chi connectivity index (χ2n) is 8.61. The van der Waals surface area contributed by atoms with Crippen LogP contribution in [0.15, 0.2) is 58.5 Å². The minimum atomic E-state index is -0.947. The van der Waals surface area contributed by atoms with Crippen LogP contribution in [0.2, 0.25) is 0 Å². The molecule has 1 saturated heterocycles. The molecule has 3 aromatic rings. The summed E-state index contributed by atoms with van der Waals surface area (Å²) in [5, 5.41) is 11.3. The van der Waals surface area contributed by atoms with Crippen molar-refractivity contribution in [2.75, 3.05) is 11.7 Å². The number of anilines is 1. The summed E-state index contributed by atoms with van der Waals surface area (Å²) in [5.41, 5.74) is 1.77. The Balaban J connectivity index is 1.51. The Morgan fingerprint density at radius 1 is 1.00 bits per heavy atom. The van der Waals surface area contributed by atoms with Crippen LogP contribution in [0.4, 0.5) is 5.69 Å². The van der Waals surface area contributed by atoms with E-state index in [0.29, 0.717) is 40.7 Å². The molecule has 2 unspecified atom stereocenters. The molecule has 0 aliphatic carbocycles. The van der Waals surface area contributed by atoms with Gasteiger partial charge in [0.2, 0.25) is 6.79 Å². The third kappa shape index (κ3) is 3.06. The molecule has 2 aromatic carbocycles. The lowest BCUT2D eigenvalue weighted by molar-refractivity contribution is -0.132. The molecule has 172 valence electrons.